The number of sulfonamides is 1. The minimum Gasteiger partial charge on any atom is -0.490 e. The van der Waals surface area contributed by atoms with Crippen molar-refractivity contribution in [3.8, 4) is 11.5 Å². The van der Waals surface area contributed by atoms with Crippen LogP contribution in [0.3, 0.4) is 0 Å². The fourth-order valence-electron chi connectivity index (χ4n) is 3.10. The van der Waals surface area contributed by atoms with Gasteiger partial charge in [-0.15, -0.1) is 0 Å². The summed E-state index contributed by atoms with van der Waals surface area (Å²) >= 11 is 0. The predicted molar refractivity (Wildman–Crippen MR) is 116 cm³/mol. The van der Waals surface area contributed by atoms with Gasteiger partial charge in [-0.2, -0.15) is 0 Å². The first-order valence-electron chi connectivity index (χ1n) is 9.96. The minimum absolute atomic E-state index is 0.0181. The Balaban J connectivity index is 2.17. The molecule has 0 heterocycles. The topological polar surface area (TPSA) is 108 Å². The molecule has 0 spiro atoms. The van der Waals surface area contributed by atoms with Gasteiger partial charge in [-0.3, -0.25) is 4.79 Å². The molecular formula is C22H30N2O5S. The van der Waals surface area contributed by atoms with Crippen LogP contribution in [0, 0.1) is 5.92 Å². The molecular weight excluding hydrogens is 404 g/mol. The molecule has 1 atom stereocenters. The smallest absolute Gasteiger partial charge is 0.238 e. The van der Waals surface area contributed by atoms with Gasteiger partial charge in [0.15, 0.2) is 11.5 Å². The van der Waals surface area contributed by atoms with Crippen LogP contribution in [-0.4, -0.2) is 27.5 Å². The molecule has 0 saturated carbocycles. The van der Waals surface area contributed by atoms with E-state index in [-0.39, 0.29) is 29.2 Å². The molecule has 8 heteroatoms. The van der Waals surface area contributed by atoms with Crippen LogP contribution in [-0.2, 0) is 21.2 Å². The lowest BCUT2D eigenvalue weighted by molar-refractivity contribution is -0.121. The average Bonchev–Trinajstić information content (AvgIpc) is 2.67. The molecule has 164 valence electrons. The van der Waals surface area contributed by atoms with Crippen molar-refractivity contribution in [2.45, 2.75) is 45.1 Å². The maximum Gasteiger partial charge on any atom is 0.238 e. The summed E-state index contributed by atoms with van der Waals surface area (Å²) in [6.07, 6.45) is 0.128. The number of rotatable bonds is 10. The van der Waals surface area contributed by atoms with Gasteiger partial charge < -0.3 is 14.8 Å². The molecule has 0 fully saturated rings. The number of primary sulfonamides is 1. The van der Waals surface area contributed by atoms with E-state index in [9.17, 15) is 13.2 Å². The molecule has 2 aromatic carbocycles. The molecule has 0 aromatic heterocycles. The lowest BCUT2D eigenvalue weighted by Crippen LogP contribution is -2.32. The number of amides is 1. The van der Waals surface area contributed by atoms with Gasteiger partial charge in [-0.25, -0.2) is 13.6 Å². The summed E-state index contributed by atoms with van der Waals surface area (Å²) in [7, 11) is -3.75. The lowest BCUT2D eigenvalue weighted by atomic mass is 9.95. The Labute approximate surface area is 178 Å². The molecule has 0 aliphatic rings. The molecule has 0 saturated heterocycles. The summed E-state index contributed by atoms with van der Waals surface area (Å²) in [6, 6.07) is 11.5. The van der Waals surface area contributed by atoms with E-state index in [4.69, 9.17) is 14.6 Å². The molecule has 7 nitrogen and oxygen atoms in total. The Kier molecular flexibility index (Phi) is 8.25. The van der Waals surface area contributed by atoms with Crippen LogP contribution < -0.4 is 19.9 Å². The van der Waals surface area contributed by atoms with Crippen LogP contribution in [0.15, 0.2) is 47.4 Å². The van der Waals surface area contributed by atoms with E-state index in [0.29, 0.717) is 30.3 Å². The zero-order chi connectivity index (χ0) is 22.3. The summed E-state index contributed by atoms with van der Waals surface area (Å²) < 4.78 is 34.0. The second kappa shape index (κ2) is 10.4. The van der Waals surface area contributed by atoms with E-state index in [1.807, 2.05) is 45.9 Å². The number of carbonyl (C=O) groups is 1. The van der Waals surface area contributed by atoms with Gasteiger partial charge in [0.25, 0.3) is 0 Å². The molecule has 30 heavy (non-hydrogen) atoms. The van der Waals surface area contributed by atoms with E-state index < -0.39 is 10.0 Å². The molecule has 2 aromatic rings. The van der Waals surface area contributed by atoms with Gasteiger partial charge in [0.2, 0.25) is 15.9 Å². The van der Waals surface area contributed by atoms with Crippen molar-refractivity contribution in [1.82, 2.24) is 5.32 Å². The summed E-state index contributed by atoms with van der Waals surface area (Å²) in [5, 5.41) is 8.18. The Hall–Kier alpha value is -2.58. The Bertz CT molecular complexity index is 956. The summed E-state index contributed by atoms with van der Waals surface area (Å²) in [5.41, 5.74) is 1.62. The highest BCUT2D eigenvalue weighted by molar-refractivity contribution is 7.89. The van der Waals surface area contributed by atoms with Gasteiger partial charge in [0.1, 0.15) is 0 Å². The number of ether oxygens (including phenoxy) is 2. The van der Waals surface area contributed by atoms with Gasteiger partial charge in [0, 0.05) is 0 Å². The molecule has 0 radical (unpaired) electrons. The number of nitrogens with two attached hydrogens (primary N) is 1. The molecule has 2 rings (SSSR count). The zero-order valence-corrected chi connectivity index (χ0v) is 18.7. The normalized spacial score (nSPS) is 12.5. The summed E-state index contributed by atoms with van der Waals surface area (Å²) in [5.74, 6) is 1.30. The van der Waals surface area contributed by atoms with Crippen LogP contribution in [0.25, 0.3) is 0 Å². The van der Waals surface area contributed by atoms with Gasteiger partial charge in [-0.05, 0) is 55.2 Å². The number of benzene rings is 2. The second-order valence-electron chi connectivity index (χ2n) is 7.23. The van der Waals surface area contributed by atoms with E-state index in [0.717, 1.165) is 5.56 Å². The van der Waals surface area contributed by atoms with E-state index >= 15 is 0 Å². The lowest BCUT2D eigenvalue weighted by Gasteiger charge is -2.24. The third-order valence-electron chi connectivity index (χ3n) is 4.53. The fourth-order valence-corrected chi connectivity index (χ4v) is 3.62. The quantitative estimate of drug-likeness (QED) is 0.597. The van der Waals surface area contributed by atoms with Crippen molar-refractivity contribution in [3.63, 3.8) is 0 Å². The molecule has 1 amide bonds. The summed E-state index contributed by atoms with van der Waals surface area (Å²) in [4.78, 5) is 12.7. The molecule has 1 unspecified atom stereocenters. The van der Waals surface area contributed by atoms with Crippen molar-refractivity contribution < 1.29 is 22.7 Å². The van der Waals surface area contributed by atoms with Crippen LogP contribution in [0.4, 0.5) is 0 Å². The Morgan fingerprint density at radius 2 is 1.60 bits per heavy atom. The van der Waals surface area contributed by atoms with E-state index in [1.165, 1.54) is 12.1 Å². The van der Waals surface area contributed by atoms with Crippen LogP contribution in [0.1, 0.15) is 44.9 Å². The minimum atomic E-state index is -3.75. The second-order valence-corrected chi connectivity index (χ2v) is 8.79. The maximum atomic E-state index is 12.7. The number of carbonyl (C=O) groups excluding carboxylic acids is 1. The van der Waals surface area contributed by atoms with Gasteiger partial charge in [-0.1, -0.05) is 32.0 Å². The molecule has 0 bridgehead atoms. The monoisotopic (exact) mass is 434 g/mol. The molecule has 0 aliphatic heterocycles. The predicted octanol–water partition coefficient (Wildman–Crippen LogP) is 3.19. The zero-order valence-electron chi connectivity index (χ0n) is 17.8. The van der Waals surface area contributed by atoms with Crippen LogP contribution in [0.2, 0.25) is 0 Å². The van der Waals surface area contributed by atoms with Crippen molar-refractivity contribution in [2.24, 2.45) is 11.1 Å². The highest BCUT2D eigenvalue weighted by Gasteiger charge is 2.20. The number of nitrogens with one attached hydrogen (secondary N) is 1. The van der Waals surface area contributed by atoms with E-state index in [2.05, 4.69) is 5.32 Å². The maximum absolute atomic E-state index is 12.7. The fraction of sp³-hybridized carbons (Fsp3) is 0.409. The molecule has 3 N–H and O–H groups in total. The third kappa shape index (κ3) is 6.47. The third-order valence-corrected chi connectivity index (χ3v) is 5.46. The summed E-state index contributed by atoms with van der Waals surface area (Å²) in [6.45, 7) is 8.93. The Morgan fingerprint density at radius 1 is 1.00 bits per heavy atom. The van der Waals surface area contributed by atoms with Crippen molar-refractivity contribution in [2.75, 3.05) is 13.2 Å². The highest BCUT2D eigenvalue weighted by atomic mass is 32.2. The number of hydrogen-bond donors (Lipinski definition) is 2. The van der Waals surface area contributed by atoms with Crippen LogP contribution >= 0.6 is 0 Å². The van der Waals surface area contributed by atoms with Crippen molar-refractivity contribution in [3.05, 3.63) is 53.6 Å². The van der Waals surface area contributed by atoms with Crippen molar-refractivity contribution in [1.29, 1.82) is 0 Å². The average molecular weight is 435 g/mol. The standard InChI is InChI=1S/C22H30N2O5S/c1-5-28-19-12-9-17(14-20(19)29-6-2)22(15(3)4)24-21(25)13-16-7-10-18(11-8-16)30(23,26)27/h7-12,14-15,22H,5-6,13H2,1-4H3,(H,24,25)(H2,23,26,27). The van der Waals surface area contributed by atoms with Crippen molar-refractivity contribution >= 4 is 15.9 Å². The van der Waals surface area contributed by atoms with Gasteiger partial charge >= 0.3 is 0 Å². The molecule has 0 aliphatic carbocycles. The first-order chi connectivity index (χ1) is 14.2. The van der Waals surface area contributed by atoms with E-state index in [1.54, 1.807) is 12.1 Å². The SMILES string of the molecule is CCOc1ccc(C(NC(=O)Cc2ccc(S(N)(=O)=O)cc2)C(C)C)cc1OCC. The van der Waals surface area contributed by atoms with Gasteiger partial charge in [0.05, 0.1) is 30.6 Å². The highest BCUT2D eigenvalue weighted by Crippen LogP contribution is 2.33. The Morgan fingerprint density at radius 3 is 2.13 bits per heavy atom. The first kappa shape index (κ1) is 23.7. The van der Waals surface area contributed by atoms with Crippen LogP contribution in [0.5, 0.6) is 11.5 Å². The largest absolute Gasteiger partial charge is 0.490 e. The first-order valence-corrected chi connectivity index (χ1v) is 11.5. The number of hydrogen-bond acceptors (Lipinski definition) is 5.